The Kier molecular flexibility index (Phi) is 5.27. The molecule has 0 fully saturated rings. The molecule has 112 valence electrons. The van der Waals surface area contributed by atoms with Gasteiger partial charge in [0.1, 0.15) is 0 Å². The molecule has 0 saturated carbocycles. The van der Waals surface area contributed by atoms with Crippen molar-refractivity contribution in [2.24, 2.45) is 0 Å². The van der Waals surface area contributed by atoms with Gasteiger partial charge in [-0.3, -0.25) is 9.59 Å². The molecule has 6 heteroatoms. The van der Waals surface area contributed by atoms with Crippen LogP contribution in [0.1, 0.15) is 11.3 Å². The van der Waals surface area contributed by atoms with Crippen molar-refractivity contribution < 1.29 is 14.7 Å². The van der Waals surface area contributed by atoms with E-state index in [0.717, 1.165) is 22.2 Å². The smallest absolute Gasteiger partial charge is 0.313 e. The Morgan fingerprint density at radius 3 is 2.86 bits per heavy atom. The maximum Gasteiger partial charge on any atom is 0.313 e. The van der Waals surface area contributed by atoms with Gasteiger partial charge in [0.25, 0.3) is 0 Å². The Morgan fingerprint density at radius 2 is 2.10 bits per heavy atom. The third-order valence-corrected chi connectivity index (χ3v) is 4.10. The number of carbonyl (C=O) groups is 2. The number of aromatic amines is 1. The first-order valence-electron chi connectivity index (χ1n) is 6.70. The van der Waals surface area contributed by atoms with E-state index in [4.69, 9.17) is 5.11 Å². The van der Waals surface area contributed by atoms with Crippen LogP contribution in [0.15, 0.2) is 24.3 Å². The summed E-state index contributed by atoms with van der Waals surface area (Å²) in [5.41, 5.74) is 3.06. The standard InChI is InChI=1S/C15H18N2O3S/c1-10-12(11-4-2-3-5-13(11)17-10)8-14(18)16-6-7-21-9-15(19)20/h2-5,17H,6-9H2,1H3,(H,16,18)(H,19,20). The highest BCUT2D eigenvalue weighted by atomic mass is 32.2. The monoisotopic (exact) mass is 306 g/mol. The molecule has 0 atom stereocenters. The van der Waals surface area contributed by atoms with Crippen LogP contribution in [0.4, 0.5) is 0 Å². The second kappa shape index (κ2) is 7.17. The summed E-state index contributed by atoms with van der Waals surface area (Å²) in [6, 6.07) is 7.91. The number of carboxylic acids is 1. The van der Waals surface area contributed by atoms with Crippen molar-refractivity contribution in [2.75, 3.05) is 18.1 Å². The number of para-hydroxylation sites is 1. The predicted molar refractivity (Wildman–Crippen MR) is 84.7 cm³/mol. The summed E-state index contributed by atoms with van der Waals surface area (Å²) in [6.07, 6.45) is 0.333. The number of aromatic nitrogens is 1. The van der Waals surface area contributed by atoms with Gasteiger partial charge in [0.2, 0.25) is 5.91 Å². The van der Waals surface area contributed by atoms with Gasteiger partial charge in [0.05, 0.1) is 12.2 Å². The molecule has 0 aliphatic carbocycles. The Bertz CT molecular complexity index is 651. The van der Waals surface area contributed by atoms with E-state index in [0.29, 0.717) is 18.7 Å². The number of carbonyl (C=O) groups excluding carboxylic acids is 1. The van der Waals surface area contributed by atoms with Crippen LogP contribution in [0.5, 0.6) is 0 Å². The largest absolute Gasteiger partial charge is 0.481 e. The molecule has 1 heterocycles. The van der Waals surface area contributed by atoms with E-state index in [1.165, 1.54) is 11.8 Å². The van der Waals surface area contributed by atoms with Crippen molar-refractivity contribution in [3.05, 3.63) is 35.5 Å². The van der Waals surface area contributed by atoms with Gasteiger partial charge in [0, 0.05) is 28.9 Å². The minimum absolute atomic E-state index is 0.0428. The third-order valence-electron chi connectivity index (χ3n) is 3.16. The van der Waals surface area contributed by atoms with Crippen LogP contribution in [0.25, 0.3) is 10.9 Å². The quantitative estimate of drug-likeness (QED) is 0.683. The van der Waals surface area contributed by atoms with Gasteiger partial charge in [-0.15, -0.1) is 11.8 Å². The van der Waals surface area contributed by atoms with E-state index in [2.05, 4.69) is 10.3 Å². The predicted octanol–water partition coefficient (Wildman–Crippen LogP) is 1.95. The van der Waals surface area contributed by atoms with Gasteiger partial charge in [-0.25, -0.2) is 0 Å². The number of carboxylic acid groups (broad SMARTS) is 1. The second-order valence-electron chi connectivity index (χ2n) is 4.75. The molecular weight excluding hydrogens is 288 g/mol. The van der Waals surface area contributed by atoms with E-state index in [1.54, 1.807) is 0 Å². The topological polar surface area (TPSA) is 82.2 Å². The third kappa shape index (κ3) is 4.26. The first-order chi connectivity index (χ1) is 10.1. The van der Waals surface area contributed by atoms with Gasteiger partial charge in [-0.2, -0.15) is 0 Å². The molecule has 0 saturated heterocycles. The molecule has 0 aliphatic heterocycles. The Balaban J connectivity index is 1.87. The van der Waals surface area contributed by atoms with Crippen molar-refractivity contribution >= 4 is 34.5 Å². The zero-order valence-electron chi connectivity index (χ0n) is 11.8. The highest BCUT2D eigenvalue weighted by molar-refractivity contribution is 7.99. The van der Waals surface area contributed by atoms with E-state index in [1.807, 2.05) is 31.2 Å². The zero-order valence-corrected chi connectivity index (χ0v) is 12.6. The summed E-state index contributed by atoms with van der Waals surface area (Å²) < 4.78 is 0. The fourth-order valence-corrected chi connectivity index (χ4v) is 2.77. The van der Waals surface area contributed by atoms with Gasteiger partial charge in [-0.1, -0.05) is 18.2 Å². The minimum atomic E-state index is -0.833. The summed E-state index contributed by atoms with van der Waals surface area (Å²) in [6.45, 7) is 2.45. The Hall–Kier alpha value is -1.95. The number of thioether (sulfide) groups is 1. The van der Waals surface area contributed by atoms with Crippen LogP contribution in [0, 0.1) is 6.92 Å². The molecule has 21 heavy (non-hydrogen) atoms. The number of fused-ring (bicyclic) bond motifs is 1. The Morgan fingerprint density at radius 1 is 1.33 bits per heavy atom. The molecule has 0 spiro atoms. The maximum atomic E-state index is 12.0. The van der Waals surface area contributed by atoms with Crippen LogP contribution in [0.2, 0.25) is 0 Å². The van der Waals surface area contributed by atoms with Gasteiger partial charge >= 0.3 is 5.97 Å². The molecular formula is C15H18N2O3S. The second-order valence-corrected chi connectivity index (χ2v) is 5.85. The van der Waals surface area contributed by atoms with Crippen molar-refractivity contribution in [2.45, 2.75) is 13.3 Å². The molecule has 0 bridgehead atoms. The highest BCUT2D eigenvalue weighted by Gasteiger charge is 2.11. The van der Waals surface area contributed by atoms with Crippen molar-refractivity contribution in [1.82, 2.24) is 10.3 Å². The van der Waals surface area contributed by atoms with Crippen LogP contribution in [0.3, 0.4) is 0 Å². The minimum Gasteiger partial charge on any atom is -0.481 e. The number of nitrogens with one attached hydrogen (secondary N) is 2. The number of aliphatic carboxylic acids is 1. The molecule has 5 nitrogen and oxygen atoms in total. The lowest BCUT2D eigenvalue weighted by Crippen LogP contribution is -2.27. The average Bonchev–Trinajstić information content (AvgIpc) is 2.74. The molecule has 0 unspecified atom stereocenters. The molecule has 0 aliphatic rings. The van der Waals surface area contributed by atoms with E-state index < -0.39 is 5.97 Å². The lowest BCUT2D eigenvalue weighted by Gasteiger charge is -2.05. The average molecular weight is 306 g/mol. The summed E-state index contributed by atoms with van der Waals surface area (Å²) >= 11 is 1.30. The number of hydrogen-bond donors (Lipinski definition) is 3. The number of aryl methyl sites for hydroxylation is 1. The zero-order chi connectivity index (χ0) is 15.2. The number of amides is 1. The maximum absolute atomic E-state index is 12.0. The van der Waals surface area contributed by atoms with Crippen molar-refractivity contribution in [3.63, 3.8) is 0 Å². The fourth-order valence-electron chi connectivity index (χ4n) is 2.21. The fraction of sp³-hybridized carbons (Fsp3) is 0.333. The number of rotatable bonds is 7. The molecule has 3 N–H and O–H groups in total. The highest BCUT2D eigenvalue weighted by Crippen LogP contribution is 2.22. The normalized spacial score (nSPS) is 10.7. The molecule has 1 amide bonds. The summed E-state index contributed by atoms with van der Waals surface area (Å²) in [7, 11) is 0. The number of H-pyrrole nitrogens is 1. The van der Waals surface area contributed by atoms with Crippen LogP contribution < -0.4 is 5.32 Å². The van der Waals surface area contributed by atoms with E-state index in [9.17, 15) is 9.59 Å². The molecule has 0 radical (unpaired) electrons. The van der Waals surface area contributed by atoms with Crippen molar-refractivity contribution in [3.8, 4) is 0 Å². The van der Waals surface area contributed by atoms with Gasteiger partial charge < -0.3 is 15.4 Å². The van der Waals surface area contributed by atoms with E-state index in [-0.39, 0.29) is 11.7 Å². The van der Waals surface area contributed by atoms with Gasteiger partial charge in [0.15, 0.2) is 0 Å². The van der Waals surface area contributed by atoms with Crippen molar-refractivity contribution in [1.29, 1.82) is 0 Å². The summed E-state index contributed by atoms with van der Waals surface area (Å²) in [4.78, 5) is 25.6. The first kappa shape index (κ1) is 15.4. The first-order valence-corrected chi connectivity index (χ1v) is 7.86. The number of hydrogen-bond acceptors (Lipinski definition) is 3. The van der Waals surface area contributed by atoms with Crippen LogP contribution >= 0.6 is 11.8 Å². The van der Waals surface area contributed by atoms with Crippen LogP contribution in [-0.2, 0) is 16.0 Å². The Labute approximate surface area is 127 Å². The lowest BCUT2D eigenvalue weighted by atomic mass is 10.1. The summed E-state index contributed by atoms with van der Waals surface area (Å²) in [5, 5.41) is 12.4. The molecule has 1 aromatic carbocycles. The summed E-state index contributed by atoms with van der Waals surface area (Å²) in [5.74, 6) is -0.206. The van der Waals surface area contributed by atoms with E-state index >= 15 is 0 Å². The SMILES string of the molecule is Cc1[nH]c2ccccc2c1CC(=O)NCCSCC(=O)O. The lowest BCUT2D eigenvalue weighted by molar-refractivity contribution is -0.133. The molecule has 2 rings (SSSR count). The molecule has 2 aromatic rings. The van der Waals surface area contributed by atoms with Gasteiger partial charge in [-0.05, 0) is 18.6 Å². The van der Waals surface area contributed by atoms with Crippen LogP contribution in [-0.4, -0.2) is 40.0 Å². The number of benzene rings is 1. The molecule has 1 aromatic heterocycles.